The molecule has 0 aromatic heterocycles. The fourth-order valence-corrected chi connectivity index (χ4v) is 2.70. The summed E-state index contributed by atoms with van der Waals surface area (Å²) in [6.07, 6.45) is 0.660. The molecule has 2 N–H and O–H groups in total. The molecule has 6 heteroatoms. The van der Waals surface area contributed by atoms with E-state index < -0.39 is 6.10 Å². The Morgan fingerprint density at radius 2 is 2.00 bits per heavy atom. The van der Waals surface area contributed by atoms with Crippen LogP contribution >= 0.6 is 11.6 Å². The molecule has 1 atom stereocenters. The minimum atomic E-state index is -0.578. The molecule has 1 aliphatic rings. The number of piperidine rings is 1. The summed E-state index contributed by atoms with van der Waals surface area (Å²) < 4.78 is 5.70. The fourth-order valence-electron chi connectivity index (χ4n) is 2.59. The molecule has 22 heavy (non-hydrogen) atoms. The number of ether oxygens (including phenoxy) is 1. The normalized spacial score (nSPS) is 17.1. The molecule has 0 aliphatic carbocycles. The Hall–Kier alpha value is -1.75. The van der Waals surface area contributed by atoms with E-state index in [9.17, 15) is 9.59 Å². The summed E-state index contributed by atoms with van der Waals surface area (Å²) in [6.45, 7) is 4.70. The zero-order valence-electron chi connectivity index (χ0n) is 12.8. The van der Waals surface area contributed by atoms with Crippen molar-refractivity contribution in [2.45, 2.75) is 32.8 Å². The van der Waals surface area contributed by atoms with E-state index in [1.807, 2.05) is 13.0 Å². The van der Waals surface area contributed by atoms with Gasteiger partial charge in [0.15, 0.2) is 6.10 Å². The number of carbonyl (C=O) groups excluding carboxylic acids is 2. The number of amides is 2. The zero-order valence-corrected chi connectivity index (χ0v) is 13.6. The van der Waals surface area contributed by atoms with E-state index in [1.54, 1.807) is 24.0 Å². The third-order valence-electron chi connectivity index (χ3n) is 4.00. The quantitative estimate of drug-likeness (QED) is 0.922. The van der Waals surface area contributed by atoms with Crippen LogP contribution in [-0.4, -0.2) is 35.9 Å². The van der Waals surface area contributed by atoms with Crippen LogP contribution in [0.25, 0.3) is 0 Å². The maximum absolute atomic E-state index is 12.4. The second-order valence-corrected chi connectivity index (χ2v) is 6.08. The molecule has 1 saturated heterocycles. The van der Waals surface area contributed by atoms with Gasteiger partial charge >= 0.3 is 0 Å². The largest absolute Gasteiger partial charge is 0.481 e. The summed E-state index contributed by atoms with van der Waals surface area (Å²) in [5, 5.41) is 0.667. The maximum atomic E-state index is 12.4. The third-order valence-corrected chi connectivity index (χ3v) is 4.42. The first-order chi connectivity index (χ1) is 10.4. The van der Waals surface area contributed by atoms with Crippen molar-refractivity contribution in [3.8, 4) is 5.75 Å². The Morgan fingerprint density at radius 1 is 1.36 bits per heavy atom. The number of carbonyl (C=O) groups is 2. The number of benzene rings is 1. The molecular weight excluding hydrogens is 304 g/mol. The monoisotopic (exact) mass is 324 g/mol. The van der Waals surface area contributed by atoms with Gasteiger partial charge in [0.05, 0.1) is 0 Å². The summed E-state index contributed by atoms with van der Waals surface area (Å²) in [4.78, 5) is 25.3. The molecule has 1 aliphatic heterocycles. The predicted molar refractivity (Wildman–Crippen MR) is 84.8 cm³/mol. The van der Waals surface area contributed by atoms with Crippen LogP contribution in [0.4, 0.5) is 0 Å². The number of likely N-dealkylation sites (tertiary alicyclic amines) is 1. The van der Waals surface area contributed by atoms with E-state index >= 15 is 0 Å². The van der Waals surface area contributed by atoms with Crippen molar-refractivity contribution in [3.63, 3.8) is 0 Å². The average Bonchev–Trinajstić information content (AvgIpc) is 2.50. The van der Waals surface area contributed by atoms with Crippen molar-refractivity contribution >= 4 is 23.4 Å². The minimum absolute atomic E-state index is 0.0736. The molecule has 2 amide bonds. The van der Waals surface area contributed by atoms with E-state index in [4.69, 9.17) is 22.1 Å². The van der Waals surface area contributed by atoms with Gasteiger partial charge in [-0.05, 0) is 50.5 Å². The van der Waals surface area contributed by atoms with Gasteiger partial charge in [0.2, 0.25) is 5.91 Å². The molecule has 0 bridgehead atoms. The topological polar surface area (TPSA) is 72.6 Å². The van der Waals surface area contributed by atoms with Crippen molar-refractivity contribution in [1.29, 1.82) is 0 Å². The van der Waals surface area contributed by atoms with E-state index in [1.165, 1.54) is 0 Å². The molecule has 2 rings (SSSR count). The lowest BCUT2D eigenvalue weighted by Crippen LogP contribution is -2.46. The molecule has 0 saturated carbocycles. The SMILES string of the molecule is Cc1cc(O[C@H](C)C(=O)N2CCC(C(N)=O)CC2)ccc1Cl. The van der Waals surface area contributed by atoms with Gasteiger partial charge in [-0.15, -0.1) is 0 Å². The number of hydrogen-bond acceptors (Lipinski definition) is 3. The van der Waals surface area contributed by atoms with Crippen LogP contribution in [-0.2, 0) is 9.59 Å². The molecule has 1 aromatic carbocycles. The Morgan fingerprint density at radius 3 is 2.55 bits per heavy atom. The highest BCUT2D eigenvalue weighted by molar-refractivity contribution is 6.31. The van der Waals surface area contributed by atoms with Gasteiger partial charge in [0, 0.05) is 24.0 Å². The van der Waals surface area contributed by atoms with Crippen LogP contribution in [0.5, 0.6) is 5.75 Å². The van der Waals surface area contributed by atoms with Gasteiger partial charge in [-0.1, -0.05) is 11.6 Å². The van der Waals surface area contributed by atoms with Crippen molar-refractivity contribution < 1.29 is 14.3 Å². The van der Waals surface area contributed by atoms with Crippen LogP contribution in [0.2, 0.25) is 5.02 Å². The van der Waals surface area contributed by atoms with Crippen LogP contribution in [0.1, 0.15) is 25.3 Å². The van der Waals surface area contributed by atoms with Crippen LogP contribution in [0.3, 0.4) is 0 Å². The highest BCUT2D eigenvalue weighted by atomic mass is 35.5. The first kappa shape index (κ1) is 16.6. The van der Waals surface area contributed by atoms with E-state index in [0.717, 1.165) is 5.56 Å². The summed E-state index contributed by atoms with van der Waals surface area (Å²) in [5.41, 5.74) is 6.20. The number of nitrogens with two attached hydrogens (primary N) is 1. The Labute approximate surface area is 135 Å². The van der Waals surface area contributed by atoms with E-state index in [2.05, 4.69) is 0 Å². The van der Waals surface area contributed by atoms with Gasteiger partial charge in [-0.25, -0.2) is 0 Å². The van der Waals surface area contributed by atoms with Gasteiger partial charge < -0.3 is 15.4 Å². The zero-order chi connectivity index (χ0) is 16.3. The molecule has 5 nitrogen and oxygen atoms in total. The summed E-state index contributed by atoms with van der Waals surface area (Å²) in [7, 11) is 0. The highest BCUT2D eigenvalue weighted by Crippen LogP contribution is 2.23. The fraction of sp³-hybridized carbons (Fsp3) is 0.500. The Balaban J connectivity index is 1.92. The van der Waals surface area contributed by atoms with Gasteiger partial charge in [-0.3, -0.25) is 9.59 Å². The first-order valence-electron chi connectivity index (χ1n) is 7.39. The molecule has 1 aromatic rings. The minimum Gasteiger partial charge on any atom is -0.481 e. The van der Waals surface area contributed by atoms with Gasteiger partial charge in [0.1, 0.15) is 5.75 Å². The second-order valence-electron chi connectivity index (χ2n) is 5.67. The van der Waals surface area contributed by atoms with Gasteiger partial charge in [-0.2, -0.15) is 0 Å². The van der Waals surface area contributed by atoms with E-state index in [-0.39, 0.29) is 17.7 Å². The summed E-state index contributed by atoms with van der Waals surface area (Å²) in [6, 6.07) is 5.31. The third kappa shape index (κ3) is 3.91. The molecule has 1 heterocycles. The molecule has 1 fully saturated rings. The Kier molecular flexibility index (Phi) is 5.29. The second kappa shape index (κ2) is 7.01. The number of aryl methyl sites for hydroxylation is 1. The molecule has 0 radical (unpaired) electrons. The number of nitrogens with zero attached hydrogens (tertiary/aromatic N) is 1. The Bertz CT molecular complexity index is 569. The van der Waals surface area contributed by atoms with Crippen molar-refractivity contribution in [1.82, 2.24) is 4.90 Å². The first-order valence-corrected chi connectivity index (χ1v) is 7.77. The molecule has 120 valence electrons. The number of primary amides is 1. The molecule has 0 unspecified atom stereocenters. The predicted octanol–water partition coefficient (Wildman–Crippen LogP) is 2.14. The number of hydrogen-bond donors (Lipinski definition) is 1. The van der Waals surface area contributed by atoms with Crippen LogP contribution in [0.15, 0.2) is 18.2 Å². The summed E-state index contributed by atoms with van der Waals surface area (Å²) >= 11 is 5.97. The van der Waals surface area contributed by atoms with Crippen LogP contribution < -0.4 is 10.5 Å². The maximum Gasteiger partial charge on any atom is 0.263 e. The average molecular weight is 325 g/mol. The number of rotatable bonds is 4. The standard InChI is InChI=1S/C16H21ClN2O3/c1-10-9-13(3-4-14(10)17)22-11(2)16(21)19-7-5-12(6-8-19)15(18)20/h3-4,9,11-12H,5-8H2,1-2H3,(H2,18,20)/t11-/m1/s1. The van der Waals surface area contributed by atoms with Crippen molar-refractivity contribution in [2.24, 2.45) is 11.7 Å². The molecule has 0 spiro atoms. The summed E-state index contributed by atoms with van der Waals surface area (Å²) in [5.74, 6) is 0.137. The van der Waals surface area contributed by atoms with Gasteiger partial charge in [0.25, 0.3) is 5.91 Å². The smallest absolute Gasteiger partial charge is 0.263 e. The van der Waals surface area contributed by atoms with Crippen molar-refractivity contribution in [3.05, 3.63) is 28.8 Å². The molecular formula is C16H21ClN2O3. The highest BCUT2D eigenvalue weighted by Gasteiger charge is 2.29. The lowest BCUT2D eigenvalue weighted by molar-refractivity contribution is -0.140. The van der Waals surface area contributed by atoms with E-state index in [0.29, 0.717) is 36.7 Å². The lowest BCUT2D eigenvalue weighted by atomic mass is 9.96. The van der Waals surface area contributed by atoms with Crippen LogP contribution in [0, 0.1) is 12.8 Å². The number of halogens is 1. The lowest BCUT2D eigenvalue weighted by Gasteiger charge is -2.32. The van der Waals surface area contributed by atoms with Crippen molar-refractivity contribution in [2.75, 3.05) is 13.1 Å².